The number of pyridine rings is 1. The number of H-pyrrole nitrogens is 1. The number of aliphatic hydroxyl groups excluding tert-OH is 1. The van der Waals surface area contributed by atoms with Gasteiger partial charge in [0.1, 0.15) is 29.8 Å². The van der Waals surface area contributed by atoms with Crippen molar-refractivity contribution in [1.82, 2.24) is 9.97 Å². The Labute approximate surface area is 224 Å². The predicted molar refractivity (Wildman–Crippen MR) is 147 cm³/mol. The molecule has 2 aliphatic rings. The van der Waals surface area contributed by atoms with Crippen LogP contribution in [-0.2, 0) is 9.47 Å². The van der Waals surface area contributed by atoms with Crippen molar-refractivity contribution >= 4 is 28.5 Å². The third-order valence-electron chi connectivity index (χ3n) is 6.49. The van der Waals surface area contributed by atoms with E-state index < -0.39 is 11.9 Å². The molecule has 6 rings (SSSR count). The third-order valence-corrected chi connectivity index (χ3v) is 6.49. The van der Waals surface area contributed by atoms with Gasteiger partial charge in [0.2, 0.25) is 0 Å². The number of aromatic nitrogens is 2. The number of hydrogen-bond acceptors (Lipinski definition) is 8. The maximum atomic E-state index is 15.0. The first-order valence-corrected chi connectivity index (χ1v) is 13.8. The Hall–Kier alpha value is -3.31. The van der Waals surface area contributed by atoms with E-state index >= 15 is 4.39 Å². The first-order valence-electron chi connectivity index (χ1n) is 12.1. The van der Waals surface area contributed by atoms with Crippen molar-refractivity contribution in [3.63, 3.8) is 0 Å². The lowest BCUT2D eigenvalue weighted by atomic mass is 10.0. The molecule has 2 aromatic carbocycles. The van der Waals surface area contributed by atoms with Crippen LogP contribution in [0, 0.1) is 5.82 Å². The molecule has 2 aliphatic heterocycles. The summed E-state index contributed by atoms with van der Waals surface area (Å²) in [4.78, 5) is 7.59. The van der Waals surface area contributed by atoms with Crippen LogP contribution in [0.5, 0.6) is 11.6 Å². The molecule has 8 nitrogen and oxygen atoms in total. The number of fused-ring (bicyclic) bond motifs is 2. The minimum Gasteiger partial charge on any atom is -0.496 e. The van der Waals surface area contributed by atoms with Gasteiger partial charge in [0.25, 0.3) is 0 Å². The molecule has 4 N–H and O–H groups in total. The Bertz CT molecular complexity index is 1410. The van der Waals surface area contributed by atoms with Crippen molar-refractivity contribution in [3.8, 4) is 34.0 Å². The van der Waals surface area contributed by atoms with Crippen LogP contribution in [0.25, 0.3) is 33.4 Å². The lowest BCUT2D eigenvalue weighted by Crippen LogP contribution is -2.34. The molecule has 0 spiro atoms. The number of hydrogen-bond donors (Lipinski definition) is 3. The lowest BCUT2D eigenvalue weighted by molar-refractivity contribution is 0.00794. The van der Waals surface area contributed by atoms with Gasteiger partial charge in [-0.15, -0.1) is 0 Å². The number of rotatable bonds is 5. The van der Waals surface area contributed by atoms with Crippen LogP contribution in [-0.4, -0.2) is 72.3 Å². The zero-order valence-electron chi connectivity index (χ0n) is 21.3. The number of ether oxygens (including phenoxy) is 4. The van der Waals surface area contributed by atoms with E-state index in [0.29, 0.717) is 40.5 Å². The Balaban J connectivity index is 0.000000937. The van der Waals surface area contributed by atoms with E-state index in [9.17, 15) is 5.11 Å². The van der Waals surface area contributed by atoms with Crippen molar-refractivity contribution in [2.75, 3.05) is 38.6 Å². The van der Waals surface area contributed by atoms with Crippen molar-refractivity contribution < 1.29 is 28.4 Å². The minimum absolute atomic E-state index is 0.224. The van der Waals surface area contributed by atoms with Gasteiger partial charge in [-0.05, 0) is 30.2 Å². The molecule has 0 saturated carbocycles. The van der Waals surface area contributed by atoms with Gasteiger partial charge >= 0.3 is 0 Å². The molecule has 2 saturated heterocycles. The highest BCUT2D eigenvalue weighted by atomic mass is 32.2. The quantitative estimate of drug-likeness (QED) is 0.318. The molecule has 2 fully saturated rings. The summed E-state index contributed by atoms with van der Waals surface area (Å²) in [5.41, 5.74) is 10.3. The average Bonchev–Trinajstić information content (AvgIpc) is 3.60. The SMILES string of the molecule is COc1cc(N)ccc1-c1ccc(-c2nc3cc(OC4CO[C@@H]5C(O)CO[C@H]45)[nH]c3cc2F)cc1.CSC. The summed E-state index contributed by atoms with van der Waals surface area (Å²) < 4.78 is 37.7. The molecule has 0 bridgehead atoms. The molecular formula is C28H30FN3O5S. The van der Waals surface area contributed by atoms with E-state index in [0.717, 1.165) is 11.1 Å². The van der Waals surface area contributed by atoms with Gasteiger partial charge in [-0.2, -0.15) is 11.8 Å². The fraction of sp³-hybridized carbons (Fsp3) is 0.321. The van der Waals surface area contributed by atoms with Crippen molar-refractivity contribution in [2.24, 2.45) is 0 Å². The molecule has 38 heavy (non-hydrogen) atoms. The maximum Gasteiger partial charge on any atom is 0.193 e. The fourth-order valence-corrected chi connectivity index (χ4v) is 4.73. The normalized spacial score (nSPS) is 22.1. The van der Waals surface area contributed by atoms with Crippen molar-refractivity contribution in [3.05, 3.63) is 60.4 Å². The Kier molecular flexibility index (Phi) is 7.75. The topological polar surface area (TPSA) is 112 Å². The van der Waals surface area contributed by atoms with Crippen LogP contribution in [0.3, 0.4) is 0 Å². The molecule has 10 heteroatoms. The Morgan fingerprint density at radius 1 is 1.03 bits per heavy atom. The summed E-state index contributed by atoms with van der Waals surface area (Å²) >= 11 is 1.75. The van der Waals surface area contributed by atoms with E-state index in [4.69, 9.17) is 24.7 Å². The van der Waals surface area contributed by atoms with E-state index in [1.807, 2.05) is 48.9 Å². The maximum absolute atomic E-state index is 15.0. The molecule has 4 heterocycles. The number of nitrogen functional groups attached to an aromatic ring is 1. The second-order valence-corrected chi connectivity index (χ2v) is 9.97. The monoisotopic (exact) mass is 539 g/mol. The van der Waals surface area contributed by atoms with Gasteiger partial charge in [-0.25, -0.2) is 9.37 Å². The number of benzene rings is 2. The number of aromatic amines is 1. The number of methoxy groups -OCH3 is 1. The van der Waals surface area contributed by atoms with Gasteiger partial charge in [-0.1, -0.05) is 24.3 Å². The highest BCUT2D eigenvalue weighted by molar-refractivity contribution is 7.97. The highest BCUT2D eigenvalue weighted by Crippen LogP contribution is 2.35. The van der Waals surface area contributed by atoms with E-state index in [2.05, 4.69) is 9.97 Å². The molecule has 4 atom stereocenters. The van der Waals surface area contributed by atoms with Gasteiger partial charge in [0.15, 0.2) is 17.8 Å². The smallest absolute Gasteiger partial charge is 0.193 e. The average molecular weight is 540 g/mol. The molecule has 200 valence electrons. The van der Waals surface area contributed by atoms with Gasteiger partial charge in [-0.3, -0.25) is 0 Å². The van der Waals surface area contributed by atoms with Crippen molar-refractivity contribution in [2.45, 2.75) is 24.4 Å². The lowest BCUT2D eigenvalue weighted by Gasteiger charge is -2.16. The summed E-state index contributed by atoms with van der Waals surface area (Å²) in [5.74, 6) is 0.657. The highest BCUT2D eigenvalue weighted by Gasteiger charge is 2.48. The first-order chi connectivity index (χ1) is 18.4. The second-order valence-electron chi connectivity index (χ2n) is 9.15. The summed E-state index contributed by atoms with van der Waals surface area (Å²) in [6.07, 6.45) is 2.34. The largest absolute Gasteiger partial charge is 0.496 e. The third kappa shape index (κ3) is 5.17. The zero-order chi connectivity index (χ0) is 26.8. The van der Waals surface area contributed by atoms with E-state index in [1.165, 1.54) is 6.07 Å². The number of aliphatic hydroxyl groups is 1. The molecular weight excluding hydrogens is 509 g/mol. The first kappa shape index (κ1) is 26.3. The Morgan fingerprint density at radius 3 is 2.47 bits per heavy atom. The second kappa shape index (κ2) is 11.2. The Morgan fingerprint density at radius 2 is 1.74 bits per heavy atom. The van der Waals surface area contributed by atoms with Crippen LogP contribution in [0.15, 0.2) is 54.6 Å². The minimum atomic E-state index is -0.651. The summed E-state index contributed by atoms with van der Waals surface area (Å²) in [5, 5.41) is 9.91. The standard InChI is InChI=1S/C26H24FN3O5.C2H6S/c1-32-21-8-15(28)6-7-16(21)13-2-4-14(5-3-13)24-17(27)9-18-19(30-24)10-23(29-18)35-22-12-34-25-20(31)11-33-26(22)25;1-3-2/h2-10,20,22,25-26,29,31H,11-12,28H2,1H3;1-2H3/t20?,22?,25-,26-;/m1./s1. The molecule has 0 radical (unpaired) electrons. The number of nitrogens with two attached hydrogens (primary N) is 1. The number of nitrogens with one attached hydrogen (secondary N) is 1. The van der Waals surface area contributed by atoms with Gasteiger partial charge < -0.3 is 34.8 Å². The van der Waals surface area contributed by atoms with E-state index in [1.54, 1.807) is 31.0 Å². The zero-order valence-corrected chi connectivity index (χ0v) is 22.1. The van der Waals surface area contributed by atoms with Gasteiger partial charge in [0, 0.05) is 35.0 Å². The van der Waals surface area contributed by atoms with Crippen LogP contribution in [0.2, 0.25) is 0 Å². The van der Waals surface area contributed by atoms with Crippen molar-refractivity contribution in [1.29, 1.82) is 0 Å². The molecule has 4 aromatic rings. The van der Waals surface area contributed by atoms with Crippen LogP contribution >= 0.6 is 11.8 Å². The van der Waals surface area contributed by atoms with Gasteiger partial charge in [0.05, 0.1) is 31.4 Å². The molecule has 0 aliphatic carbocycles. The summed E-state index contributed by atoms with van der Waals surface area (Å²) in [7, 11) is 1.60. The molecule has 2 unspecified atom stereocenters. The summed E-state index contributed by atoms with van der Waals surface area (Å²) in [6.45, 7) is 0.530. The number of halogens is 1. The summed E-state index contributed by atoms with van der Waals surface area (Å²) in [6, 6.07) is 16.0. The van der Waals surface area contributed by atoms with E-state index in [-0.39, 0.29) is 30.6 Å². The molecule has 0 amide bonds. The molecule has 2 aromatic heterocycles. The van der Waals surface area contributed by atoms with Crippen LogP contribution in [0.4, 0.5) is 10.1 Å². The van der Waals surface area contributed by atoms with Crippen LogP contribution < -0.4 is 15.2 Å². The number of anilines is 1. The number of thioether (sulfide) groups is 1. The predicted octanol–water partition coefficient (Wildman–Crippen LogP) is 4.51. The van der Waals surface area contributed by atoms with Crippen LogP contribution in [0.1, 0.15) is 0 Å². The fourth-order valence-electron chi connectivity index (χ4n) is 4.73. The number of nitrogens with zero attached hydrogens (tertiary/aromatic N) is 1.